The number of rotatable bonds is 4. The molecule has 1 aromatic heterocycles. The zero-order valence-electron chi connectivity index (χ0n) is 13.3. The number of nitro groups is 1. The minimum atomic E-state index is -0.427. The van der Waals surface area contributed by atoms with E-state index in [-0.39, 0.29) is 17.6 Å². The molecule has 1 saturated carbocycles. The lowest BCUT2D eigenvalue weighted by atomic mass is 10.1. The molecule has 2 fully saturated rings. The highest BCUT2D eigenvalue weighted by Gasteiger charge is 2.32. The third-order valence-corrected chi connectivity index (χ3v) is 4.81. The zero-order chi connectivity index (χ0) is 16.4. The molecule has 1 atom stereocenters. The summed E-state index contributed by atoms with van der Waals surface area (Å²) in [6, 6.07) is 3.27. The monoisotopic (exact) mass is 318 g/mol. The fourth-order valence-electron chi connectivity index (χ4n) is 3.55. The number of hydrogen-bond donors (Lipinski definition) is 1. The van der Waals surface area contributed by atoms with E-state index in [1.165, 1.54) is 6.07 Å². The molecule has 7 heteroatoms. The van der Waals surface area contributed by atoms with Crippen LogP contribution in [-0.2, 0) is 4.79 Å². The van der Waals surface area contributed by atoms with Crippen molar-refractivity contribution in [2.24, 2.45) is 5.92 Å². The van der Waals surface area contributed by atoms with Crippen LogP contribution in [0.4, 0.5) is 11.5 Å². The Bertz CT molecular complexity index is 613. The Balaban J connectivity index is 1.58. The van der Waals surface area contributed by atoms with Crippen LogP contribution in [0, 0.1) is 23.0 Å². The number of likely N-dealkylation sites (tertiary alicyclic amines) is 1. The summed E-state index contributed by atoms with van der Waals surface area (Å²) in [7, 11) is 0. The largest absolute Gasteiger partial charge is 0.365 e. The van der Waals surface area contributed by atoms with E-state index in [4.69, 9.17) is 0 Å². The SMILES string of the molecule is Cc1nc(NC2CCN(C(=O)C3CCCC3)C2)ccc1[N+](=O)[O-]. The number of nitrogens with one attached hydrogen (secondary N) is 1. The van der Waals surface area contributed by atoms with Gasteiger partial charge in [-0.15, -0.1) is 0 Å². The van der Waals surface area contributed by atoms with Crippen molar-refractivity contribution in [3.8, 4) is 0 Å². The Morgan fingerprint density at radius 1 is 1.35 bits per heavy atom. The van der Waals surface area contributed by atoms with Crippen LogP contribution in [0.15, 0.2) is 12.1 Å². The Kier molecular flexibility index (Phi) is 4.45. The number of nitrogens with zero attached hydrogens (tertiary/aromatic N) is 3. The first-order chi connectivity index (χ1) is 11.0. The van der Waals surface area contributed by atoms with Crippen molar-refractivity contribution in [1.29, 1.82) is 0 Å². The Labute approximate surface area is 135 Å². The number of aromatic nitrogens is 1. The summed E-state index contributed by atoms with van der Waals surface area (Å²) in [5.41, 5.74) is 0.428. The topological polar surface area (TPSA) is 88.4 Å². The normalized spacial score (nSPS) is 21.6. The average molecular weight is 318 g/mol. The zero-order valence-corrected chi connectivity index (χ0v) is 13.3. The summed E-state index contributed by atoms with van der Waals surface area (Å²) >= 11 is 0. The van der Waals surface area contributed by atoms with Crippen LogP contribution in [-0.4, -0.2) is 39.8 Å². The second-order valence-corrected chi connectivity index (χ2v) is 6.45. The molecule has 124 valence electrons. The third kappa shape index (κ3) is 3.43. The molecule has 0 aromatic carbocycles. The molecule has 23 heavy (non-hydrogen) atoms. The summed E-state index contributed by atoms with van der Waals surface area (Å²) in [6.45, 7) is 3.10. The van der Waals surface area contributed by atoms with E-state index < -0.39 is 4.92 Å². The van der Waals surface area contributed by atoms with Gasteiger partial charge in [0.15, 0.2) is 0 Å². The van der Waals surface area contributed by atoms with Gasteiger partial charge in [0.2, 0.25) is 5.91 Å². The molecule has 2 aliphatic rings. The van der Waals surface area contributed by atoms with Gasteiger partial charge in [-0.05, 0) is 32.3 Å². The number of aryl methyl sites for hydroxylation is 1. The number of carbonyl (C=O) groups is 1. The van der Waals surface area contributed by atoms with Crippen LogP contribution < -0.4 is 5.32 Å². The summed E-state index contributed by atoms with van der Waals surface area (Å²) in [5.74, 6) is 1.14. The quantitative estimate of drug-likeness (QED) is 0.680. The fourth-order valence-corrected chi connectivity index (χ4v) is 3.55. The molecular weight excluding hydrogens is 296 g/mol. The minimum absolute atomic E-state index is 0.0278. The van der Waals surface area contributed by atoms with Crippen LogP contribution in [0.2, 0.25) is 0 Å². The molecule has 0 spiro atoms. The maximum Gasteiger partial charge on any atom is 0.290 e. The van der Waals surface area contributed by atoms with Crippen molar-refractivity contribution >= 4 is 17.4 Å². The Hall–Kier alpha value is -2.18. The first-order valence-corrected chi connectivity index (χ1v) is 8.22. The maximum atomic E-state index is 12.4. The van der Waals surface area contributed by atoms with Crippen LogP contribution in [0.1, 0.15) is 37.8 Å². The number of anilines is 1. The van der Waals surface area contributed by atoms with Crippen LogP contribution in [0.3, 0.4) is 0 Å². The van der Waals surface area contributed by atoms with E-state index in [0.29, 0.717) is 24.0 Å². The van der Waals surface area contributed by atoms with Gasteiger partial charge >= 0.3 is 0 Å². The van der Waals surface area contributed by atoms with Gasteiger partial charge in [-0.3, -0.25) is 14.9 Å². The highest BCUT2D eigenvalue weighted by molar-refractivity contribution is 5.79. The molecule has 1 saturated heterocycles. The lowest BCUT2D eigenvalue weighted by Gasteiger charge is -2.20. The first kappa shape index (κ1) is 15.7. The third-order valence-electron chi connectivity index (χ3n) is 4.81. The standard InChI is InChI=1S/C16H22N4O3/c1-11-14(20(22)23)6-7-15(17-11)18-13-8-9-19(10-13)16(21)12-4-2-3-5-12/h6-7,12-13H,2-5,8-10H2,1H3,(H,17,18). The molecule has 0 radical (unpaired) electrons. The molecule has 7 nitrogen and oxygen atoms in total. The van der Waals surface area contributed by atoms with Crippen molar-refractivity contribution in [3.05, 3.63) is 27.9 Å². The van der Waals surface area contributed by atoms with Crippen molar-refractivity contribution in [2.45, 2.75) is 45.1 Å². The summed E-state index contributed by atoms with van der Waals surface area (Å²) in [4.78, 5) is 29.0. The second-order valence-electron chi connectivity index (χ2n) is 6.45. The number of amides is 1. The van der Waals surface area contributed by atoms with E-state index in [1.54, 1.807) is 13.0 Å². The minimum Gasteiger partial charge on any atom is -0.365 e. The number of hydrogen-bond acceptors (Lipinski definition) is 5. The molecule has 1 unspecified atom stereocenters. The molecular formula is C16H22N4O3. The fraction of sp³-hybridized carbons (Fsp3) is 0.625. The molecule has 1 amide bonds. The lowest BCUT2D eigenvalue weighted by molar-refractivity contribution is -0.385. The Morgan fingerprint density at radius 3 is 2.74 bits per heavy atom. The Morgan fingerprint density at radius 2 is 2.09 bits per heavy atom. The van der Waals surface area contributed by atoms with Crippen molar-refractivity contribution in [2.75, 3.05) is 18.4 Å². The van der Waals surface area contributed by atoms with E-state index in [1.807, 2.05) is 4.90 Å². The maximum absolute atomic E-state index is 12.4. The highest BCUT2D eigenvalue weighted by Crippen LogP contribution is 2.28. The predicted molar refractivity (Wildman–Crippen MR) is 86.2 cm³/mol. The van der Waals surface area contributed by atoms with Gasteiger partial charge < -0.3 is 10.2 Å². The van der Waals surface area contributed by atoms with Crippen LogP contribution >= 0.6 is 0 Å². The van der Waals surface area contributed by atoms with Gasteiger partial charge in [-0.25, -0.2) is 4.98 Å². The highest BCUT2D eigenvalue weighted by atomic mass is 16.6. The van der Waals surface area contributed by atoms with Crippen LogP contribution in [0.5, 0.6) is 0 Å². The summed E-state index contributed by atoms with van der Waals surface area (Å²) in [6.07, 6.45) is 5.26. The smallest absolute Gasteiger partial charge is 0.290 e. The molecule has 1 aliphatic heterocycles. The molecule has 0 bridgehead atoms. The van der Waals surface area contributed by atoms with E-state index >= 15 is 0 Å². The second kappa shape index (κ2) is 6.52. The molecule has 2 heterocycles. The molecule has 1 aliphatic carbocycles. The van der Waals surface area contributed by atoms with Gasteiger partial charge in [0.25, 0.3) is 5.69 Å². The molecule has 1 N–H and O–H groups in total. The summed E-state index contributed by atoms with van der Waals surface area (Å²) < 4.78 is 0. The van der Waals surface area contributed by atoms with Gasteiger partial charge in [-0.1, -0.05) is 12.8 Å². The van der Waals surface area contributed by atoms with Gasteiger partial charge in [0.1, 0.15) is 11.5 Å². The van der Waals surface area contributed by atoms with Crippen molar-refractivity contribution < 1.29 is 9.72 Å². The molecule has 3 rings (SSSR count). The van der Waals surface area contributed by atoms with Crippen molar-refractivity contribution in [1.82, 2.24) is 9.88 Å². The van der Waals surface area contributed by atoms with E-state index in [2.05, 4.69) is 10.3 Å². The first-order valence-electron chi connectivity index (χ1n) is 8.22. The predicted octanol–water partition coefficient (Wildman–Crippen LogP) is 2.50. The van der Waals surface area contributed by atoms with Crippen LogP contribution in [0.25, 0.3) is 0 Å². The van der Waals surface area contributed by atoms with Gasteiger partial charge in [0.05, 0.1) is 4.92 Å². The summed E-state index contributed by atoms with van der Waals surface area (Å²) in [5, 5.41) is 14.1. The van der Waals surface area contributed by atoms with Crippen molar-refractivity contribution in [3.63, 3.8) is 0 Å². The number of pyridine rings is 1. The van der Waals surface area contributed by atoms with E-state index in [0.717, 1.165) is 38.6 Å². The average Bonchev–Trinajstić information content (AvgIpc) is 3.17. The van der Waals surface area contributed by atoms with Gasteiger partial charge in [-0.2, -0.15) is 0 Å². The van der Waals surface area contributed by atoms with E-state index in [9.17, 15) is 14.9 Å². The molecule has 1 aromatic rings. The number of carbonyl (C=O) groups excluding carboxylic acids is 1. The van der Waals surface area contributed by atoms with Gasteiger partial charge in [0, 0.05) is 31.1 Å². The lowest BCUT2D eigenvalue weighted by Crippen LogP contribution is -2.35.